The predicted octanol–water partition coefficient (Wildman–Crippen LogP) is 1.40. The second-order valence-electron chi connectivity index (χ2n) is 4.30. The highest BCUT2D eigenvalue weighted by Crippen LogP contribution is 2.08. The monoisotopic (exact) mass is 248 g/mol. The summed E-state index contributed by atoms with van der Waals surface area (Å²) in [7, 11) is 0. The Morgan fingerprint density at radius 1 is 1.44 bits per heavy atom. The van der Waals surface area contributed by atoms with E-state index in [1.807, 2.05) is 18.2 Å². The first kappa shape index (κ1) is 12.8. The van der Waals surface area contributed by atoms with Gasteiger partial charge in [-0.15, -0.1) is 0 Å². The molecular weight excluding hydrogens is 231 g/mol. The molecule has 0 saturated heterocycles. The molecule has 0 saturated carbocycles. The normalized spacial score (nSPS) is 17.9. The van der Waals surface area contributed by atoms with Crippen molar-refractivity contribution in [3.8, 4) is 0 Å². The minimum Gasteiger partial charge on any atom is -0.354 e. The van der Waals surface area contributed by atoms with Crippen LogP contribution in [0.4, 0.5) is 4.39 Å². The Labute approximate surface area is 106 Å². The Morgan fingerprint density at radius 2 is 2.28 bits per heavy atom. The number of rotatable bonds is 5. The average molecular weight is 248 g/mol. The summed E-state index contributed by atoms with van der Waals surface area (Å²) in [6.45, 7) is 1.31. The van der Waals surface area contributed by atoms with Gasteiger partial charge in [-0.2, -0.15) is 0 Å². The van der Waals surface area contributed by atoms with Crippen molar-refractivity contribution in [2.45, 2.75) is 18.9 Å². The van der Waals surface area contributed by atoms with Crippen molar-refractivity contribution in [3.05, 3.63) is 47.8 Å². The first-order chi connectivity index (χ1) is 8.77. The highest BCUT2D eigenvalue weighted by molar-refractivity contribution is 5.84. The summed E-state index contributed by atoms with van der Waals surface area (Å²) in [4.78, 5) is 11.6. The van der Waals surface area contributed by atoms with Crippen molar-refractivity contribution >= 4 is 5.91 Å². The average Bonchev–Trinajstić information content (AvgIpc) is 2.90. The second kappa shape index (κ2) is 6.31. The number of halogens is 1. The number of hydrogen-bond donors (Lipinski definition) is 2. The lowest BCUT2D eigenvalue weighted by atomic mass is 10.1. The first-order valence-corrected chi connectivity index (χ1v) is 6.18. The third-order valence-electron chi connectivity index (χ3n) is 2.95. The highest BCUT2D eigenvalue weighted by atomic mass is 19.1. The van der Waals surface area contributed by atoms with Gasteiger partial charge in [-0.3, -0.25) is 10.1 Å². The van der Waals surface area contributed by atoms with Crippen molar-refractivity contribution in [1.29, 1.82) is 0 Å². The zero-order valence-corrected chi connectivity index (χ0v) is 10.2. The van der Waals surface area contributed by atoms with Gasteiger partial charge in [0.25, 0.3) is 0 Å². The molecule has 1 aromatic carbocycles. The molecule has 1 aromatic rings. The number of carbonyl (C=O) groups excluding carboxylic acids is 1. The van der Waals surface area contributed by atoms with Crippen LogP contribution < -0.4 is 10.6 Å². The van der Waals surface area contributed by atoms with Crippen molar-refractivity contribution in [1.82, 2.24) is 10.6 Å². The summed E-state index contributed by atoms with van der Waals surface area (Å²) < 4.78 is 13.3. The van der Waals surface area contributed by atoms with Crippen LogP contribution >= 0.6 is 0 Å². The van der Waals surface area contributed by atoms with Crippen molar-refractivity contribution in [2.75, 3.05) is 13.1 Å². The zero-order chi connectivity index (χ0) is 12.8. The largest absolute Gasteiger partial charge is 0.354 e. The van der Waals surface area contributed by atoms with Crippen molar-refractivity contribution in [3.63, 3.8) is 0 Å². The Kier molecular flexibility index (Phi) is 4.47. The molecule has 0 radical (unpaired) electrons. The van der Waals surface area contributed by atoms with Gasteiger partial charge in [0.15, 0.2) is 0 Å². The van der Waals surface area contributed by atoms with Gasteiger partial charge in [0, 0.05) is 13.1 Å². The number of amides is 1. The van der Waals surface area contributed by atoms with Gasteiger partial charge >= 0.3 is 0 Å². The number of benzene rings is 1. The molecule has 0 spiro atoms. The molecule has 0 aromatic heterocycles. The van der Waals surface area contributed by atoms with Crippen LogP contribution in [0.1, 0.15) is 12.0 Å². The van der Waals surface area contributed by atoms with Gasteiger partial charge in [-0.05, 0) is 24.5 Å². The maximum absolute atomic E-state index is 13.3. The van der Waals surface area contributed by atoms with Gasteiger partial charge in [0.05, 0.1) is 0 Å². The number of hydrogen-bond acceptors (Lipinski definition) is 2. The minimum atomic E-state index is -0.210. The Hall–Kier alpha value is -1.68. The van der Waals surface area contributed by atoms with Crippen LogP contribution in [0.5, 0.6) is 0 Å². The lowest BCUT2D eigenvalue weighted by Crippen LogP contribution is -2.40. The van der Waals surface area contributed by atoms with E-state index in [4.69, 9.17) is 0 Å². The van der Waals surface area contributed by atoms with Gasteiger partial charge in [0.1, 0.15) is 11.9 Å². The molecular formula is C14H17FN2O. The van der Waals surface area contributed by atoms with Crippen LogP contribution in [0.25, 0.3) is 0 Å². The molecule has 0 fully saturated rings. The SMILES string of the molecule is O=C(NCCCc1ccccc1F)C1C=CCN1. The summed E-state index contributed by atoms with van der Waals surface area (Å²) >= 11 is 0. The van der Waals surface area contributed by atoms with Gasteiger partial charge in [-0.25, -0.2) is 4.39 Å². The summed E-state index contributed by atoms with van der Waals surface area (Å²) in [5, 5.41) is 5.88. The van der Waals surface area contributed by atoms with E-state index in [2.05, 4.69) is 10.6 Å². The Balaban J connectivity index is 1.68. The smallest absolute Gasteiger partial charge is 0.241 e. The van der Waals surface area contributed by atoms with Crippen LogP contribution in [0.15, 0.2) is 36.4 Å². The summed E-state index contributed by atoms with van der Waals surface area (Å²) in [6.07, 6.45) is 5.17. The lowest BCUT2D eigenvalue weighted by molar-refractivity contribution is -0.121. The standard InChI is InChI=1S/C14H17FN2O/c15-12-7-2-1-5-11(12)6-3-10-17-14(18)13-8-4-9-16-13/h1-2,4-5,7-8,13,16H,3,6,9-10H2,(H,17,18). The fourth-order valence-electron chi connectivity index (χ4n) is 1.95. The van der Waals surface area contributed by atoms with E-state index in [1.165, 1.54) is 6.07 Å². The topological polar surface area (TPSA) is 41.1 Å². The Morgan fingerprint density at radius 3 is 3.00 bits per heavy atom. The van der Waals surface area contributed by atoms with Crippen LogP contribution in [0, 0.1) is 5.82 Å². The number of carbonyl (C=O) groups is 1. The molecule has 1 atom stereocenters. The maximum Gasteiger partial charge on any atom is 0.241 e. The molecule has 1 aliphatic rings. The number of aryl methyl sites for hydroxylation is 1. The fourth-order valence-corrected chi connectivity index (χ4v) is 1.95. The molecule has 1 amide bonds. The van der Waals surface area contributed by atoms with Gasteiger partial charge in [0.2, 0.25) is 5.91 Å². The molecule has 18 heavy (non-hydrogen) atoms. The van der Waals surface area contributed by atoms with Crippen LogP contribution in [-0.4, -0.2) is 25.0 Å². The fraction of sp³-hybridized carbons (Fsp3) is 0.357. The quantitative estimate of drug-likeness (QED) is 0.611. The molecule has 2 N–H and O–H groups in total. The van der Waals surface area contributed by atoms with Gasteiger partial charge in [-0.1, -0.05) is 30.4 Å². The third kappa shape index (κ3) is 3.40. The van der Waals surface area contributed by atoms with Crippen molar-refractivity contribution < 1.29 is 9.18 Å². The highest BCUT2D eigenvalue weighted by Gasteiger charge is 2.16. The predicted molar refractivity (Wildman–Crippen MR) is 68.7 cm³/mol. The van der Waals surface area contributed by atoms with Gasteiger partial charge < -0.3 is 5.32 Å². The molecule has 1 unspecified atom stereocenters. The minimum absolute atomic E-state index is 0.0164. The van der Waals surface area contributed by atoms with Crippen molar-refractivity contribution in [2.24, 2.45) is 0 Å². The maximum atomic E-state index is 13.3. The Bertz CT molecular complexity index is 445. The van der Waals surface area contributed by atoms with E-state index in [1.54, 1.807) is 12.1 Å². The summed E-state index contributed by atoms with van der Waals surface area (Å²) in [6, 6.07) is 6.53. The molecule has 4 heteroatoms. The number of nitrogens with one attached hydrogen (secondary N) is 2. The van der Waals surface area contributed by atoms with E-state index in [0.717, 1.165) is 13.0 Å². The summed E-state index contributed by atoms with van der Waals surface area (Å²) in [5.74, 6) is -0.193. The van der Waals surface area contributed by atoms with E-state index in [-0.39, 0.29) is 17.8 Å². The van der Waals surface area contributed by atoms with E-state index >= 15 is 0 Å². The molecule has 3 nitrogen and oxygen atoms in total. The molecule has 1 heterocycles. The van der Waals surface area contributed by atoms with E-state index < -0.39 is 0 Å². The van der Waals surface area contributed by atoms with Crippen LogP contribution in [0.2, 0.25) is 0 Å². The zero-order valence-electron chi connectivity index (χ0n) is 10.2. The van der Waals surface area contributed by atoms with E-state index in [9.17, 15) is 9.18 Å². The molecule has 1 aliphatic heterocycles. The first-order valence-electron chi connectivity index (χ1n) is 6.18. The van der Waals surface area contributed by atoms with E-state index in [0.29, 0.717) is 18.5 Å². The molecule has 0 bridgehead atoms. The second-order valence-corrected chi connectivity index (χ2v) is 4.30. The molecule has 0 aliphatic carbocycles. The molecule has 2 rings (SSSR count). The lowest BCUT2D eigenvalue weighted by Gasteiger charge is -2.10. The summed E-state index contributed by atoms with van der Waals surface area (Å²) in [5.41, 5.74) is 0.700. The third-order valence-corrected chi connectivity index (χ3v) is 2.95. The molecule has 96 valence electrons. The van der Waals surface area contributed by atoms with Crippen LogP contribution in [0.3, 0.4) is 0 Å². The van der Waals surface area contributed by atoms with Crippen LogP contribution in [-0.2, 0) is 11.2 Å².